The Morgan fingerprint density at radius 3 is 1.74 bits per heavy atom. The van der Waals surface area contributed by atoms with Gasteiger partial charge in [0.1, 0.15) is 6.10 Å². The van der Waals surface area contributed by atoms with Crippen LogP contribution in [0.5, 0.6) is 0 Å². The lowest BCUT2D eigenvalue weighted by atomic mass is 9.93. The Labute approximate surface area is 228 Å². The third-order valence-corrected chi connectivity index (χ3v) is 7.64. The molecule has 1 heterocycles. The quantitative estimate of drug-likeness (QED) is 0.255. The summed E-state index contributed by atoms with van der Waals surface area (Å²) in [5.41, 5.74) is 8.27. The van der Waals surface area contributed by atoms with E-state index in [0.717, 1.165) is 60.7 Å². The van der Waals surface area contributed by atoms with E-state index in [0.29, 0.717) is 5.56 Å². The number of ether oxygens (including phenoxy) is 1. The van der Waals surface area contributed by atoms with E-state index in [1.54, 1.807) is 0 Å². The molecule has 5 heteroatoms. The summed E-state index contributed by atoms with van der Waals surface area (Å²) in [7, 11) is 2.10. The van der Waals surface area contributed by atoms with Crippen LogP contribution < -0.4 is 14.7 Å². The Bertz CT molecular complexity index is 1260. The first kappa shape index (κ1) is 27.3. The van der Waals surface area contributed by atoms with Crippen LogP contribution in [-0.2, 0) is 4.74 Å². The Balaban J connectivity index is 1.76. The molecule has 4 rings (SSSR count). The Morgan fingerprint density at radius 2 is 1.21 bits per heavy atom. The molecule has 1 unspecified atom stereocenters. The first-order valence-electron chi connectivity index (χ1n) is 13.9. The highest BCUT2D eigenvalue weighted by Crippen LogP contribution is 2.38. The minimum atomic E-state index is -0.432. The van der Waals surface area contributed by atoms with E-state index >= 15 is 0 Å². The van der Waals surface area contributed by atoms with Crippen molar-refractivity contribution in [3.8, 4) is 0 Å². The van der Waals surface area contributed by atoms with Gasteiger partial charge in [0.05, 0.1) is 5.56 Å². The Kier molecular flexibility index (Phi) is 8.77. The van der Waals surface area contributed by atoms with Crippen molar-refractivity contribution in [1.82, 2.24) is 0 Å². The topological polar surface area (TPSA) is 36.0 Å². The molecule has 3 aromatic rings. The largest absolute Gasteiger partial charge is 0.450 e. The van der Waals surface area contributed by atoms with Gasteiger partial charge in [-0.25, -0.2) is 4.79 Å². The summed E-state index contributed by atoms with van der Waals surface area (Å²) >= 11 is 0. The summed E-state index contributed by atoms with van der Waals surface area (Å²) in [6.45, 7) is 15.4. The van der Waals surface area contributed by atoms with E-state index in [1.807, 2.05) is 6.07 Å². The standard InChI is InChI=1S/C33H41N3O2/c1-7-34(6)26-16-12-24(13-17-26)30(25-14-18-27(19-15-25)35(8-2)9-3)23-32-29-21-20-28(36(10-4)11-5)22-31(29)33(37)38-32/h12-23,32H,7-11H2,1-6H3. The highest BCUT2D eigenvalue weighted by atomic mass is 16.5. The lowest BCUT2D eigenvalue weighted by Gasteiger charge is -2.22. The van der Waals surface area contributed by atoms with Gasteiger partial charge in [-0.2, -0.15) is 0 Å². The molecule has 0 saturated carbocycles. The molecular formula is C33H41N3O2. The van der Waals surface area contributed by atoms with Gasteiger partial charge in [-0.15, -0.1) is 0 Å². The third-order valence-electron chi connectivity index (χ3n) is 7.64. The van der Waals surface area contributed by atoms with Gasteiger partial charge in [0.15, 0.2) is 0 Å². The average Bonchev–Trinajstić information content (AvgIpc) is 3.27. The molecule has 0 bridgehead atoms. The van der Waals surface area contributed by atoms with Gasteiger partial charge in [0.2, 0.25) is 0 Å². The predicted octanol–water partition coefficient (Wildman–Crippen LogP) is 7.18. The second-order valence-electron chi connectivity index (χ2n) is 9.63. The van der Waals surface area contributed by atoms with Crippen molar-refractivity contribution in [2.75, 3.05) is 54.5 Å². The van der Waals surface area contributed by atoms with Gasteiger partial charge in [-0.3, -0.25) is 0 Å². The molecule has 200 valence electrons. The maximum Gasteiger partial charge on any atom is 0.339 e. The summed E-state index contributed by atoms with van der Waals surface area (Å²) in [6.07, 6.45) is 1.67. The van der Waals surface area contributed by atoms with Gasteiger partial charge in [-0.1, -0.05) is 30.3 Å². The van der Waals surface area contributed by atoms with Gasteiger partial charge in [0.25, 0.3) is 0 Å². The van der Waals surface area contributed by atoms with Crippen molar-refractivity contribution in [3.63, 3.8) is 0 Å². The summed E-state index contributed by atoms with van der Waals surface area (Å²) < 4.78 is 5.93. The number of carbonyl (C=O) groups is 1. The van der Waals surface area contributed by atoms with E-state index in [9.17, 15) is 4.79 Å². The van der Waals surface area contributed by atoms with Crippen LogP contribution in [0, 0.1) is 0 Å². The number of esters is 1. The molecule has 1 aliphatic rings. The zero-order valence-electron chi connectivity index (χ0n) is 23.7. The number of rotatable bonds is 11. The Morgan fingerprint density at radius 1 is 0.711 bits per heavy atom. The Hall–Kier alpha value is -3.73. The fourth-order valence-electron chi connectivity index (χ4n) is 5.15. The number of nitrogens with zero attached hydrogens (tertiary/aromatic N) is 3. The number of carbonyl (C=O) groups excluding carboxylic acids is 1. The van der Waals surface area contributed by atoms with Crippen LogP contribution in [0.25, 0.3) is 5.57 Å². The first-order valence-corrected chi connectivity index (χ1v) is 13.9. The van der Waals surface area contributed by atoms with Gasteiger partial charge in [-0.05, 0) is 93.8 Å². The number of cyclic esters (lactones) is 1. The summed E-state index contributed by atoms with van der Waals surface area (Å²) in [4.78, 5) is 19.7. The normalized spacial score (nSPS) is 14.7. The molecule has 0 spiro atoms. The van der Waals surface area contributed by atoms with Crippen molar-refractivity contribution in [3.05, 3.63) is 95.1 Å². The second-order valence-corrected chi connectivity index (χ2v) is 9.63. The van der Waals surface area contributed by atoms with Gasteiger partial charge >= 0.3 is 5.97 Å². The van der Waals surface area contributed by atoms with E-state index in [2.05, 4.69) is 123 Å². The van der Waals surface area contributed by atoms with Crippen molar-refractivity contribution in [2.24, 2.45) is 0 Å². The molecule has 1 aliphatic heterocycles. The molecule has 3 aromatic carbocycles. The van der Waals surface area contributed by atoms with Crippen LogP contribution >= 0.6 is 0 Å². The van der Waals surface area contributed by atoms with Crippen LogP contribution in [0.3, 0.4) is 0 Å². The highest BCUT2D eigenvalue weighted by Gasteiger charge is 2.31. The van der Waals surface area contributed by atoms with Crippen LogP contribution in [0.15, 0.2) is 72.8 Å². The number of hydrogen-bond donors (Lipinski definition) is 0. The molecule has 38 heavy (non-hydrogen) atoms. The third kappa shape index (κ3) is 5.57. The smallest absolute Gasteiger partial charge is 0.339 e. The monoisotopic (exact) mass is 511 g/mol. The maximum atomic E-state index is 12.9. The molecule has 0 amide bonds. The molecular weight excluding hydrogens is 470 g/mol. The van der Waals surface area contributed by atoms with E-state index in [1.165, 1.54) is 11.4 Å². The summed E-state index contributed by atoms with van der Waals surface area (Å²) in [5, 5.41) is 0. The first-order chi connectivity index (χ1) is 18.4. The minimum Gasteiger partial charge on any atom is -0.450 e. The molecule has 0 N–H and O–H groups in total. The van der Waals surface area contributed by atoms with Gasteiger partial charge < -0.3 is 19.4 Å². The number of hydrogen-bond acceptors (Lipinski definition) is 5. The lowest BCUT2D eigenvalue weighted by molar-refractivity contribution is 0.0468. The number of fused-ring (bicyclic) bond motifs is 1. The van der Waals surface area contributed by atoms with Crippen LogP contribution in [0.1, 0.15) is 67.8 Å². The molecule has 5 nitrogen and oxygen atoms in total. The van der Waals surface area contributed by atoms with E-state index in [-0.39, 0.29) is 5.97 Å². The fourth-order valence-corrected chi connectivity index (χ4v) is 5.15. The van der Waals surface area contributed by atoms with E-state index in [4.69, 9.17) is 4.74 Å². The molecule has 1 atom stereocenters. The predicted molar refractivity (Wildman–Crippen MR) is 161 cm³/mol. The second kappa shape index (κ2) is 12.2. The van der Waals surface area contributed by atoms with Gasteiger partial charge in [0, 0.05) is 62.4 Å². The summed E-state index contributed by atoms with van der Waals surface area (Å²) in [6, 6.07) is 23.5. The van der Waals surface area contributed by atoms with E-state index < -0.39 is 6.10 Å². The average molecular weight is 512 g/mol. The fraction of sp³-hybridized carbons (Fsp3) is 0.364. The van der Waals surface area contributed by atoms with Crippen molar-refractivity contribution >= 4 is 28.6 Å². The van der Waals surface area contributed by atoms with Crippen LogP contribution in [-0.4, -0.2) is 45.7 Å². The zero-order chi connectivity index (χ0) is 27.2. The number of benzene rings is 3. The van der Waals surface area contributed by atoms with Crippen molar-refractivity contribution in [2.45, 2.75) is 40.7 Å². The van der Waals surface area contributed by atoms with Crippen LogP contribution in [0.2, 0.25) is 0 Å². The maximum absolute atomic E-state index is 12.9. The zero-order valence-corrected chi connectivity index (χ0v) is 23.7. The van der Waals surface area contributed by atoms with Crippen LogP contribution in [0.4, 0.5) is 17.1 Å². The molecule has 0 aromatic heterocycles. The minimum absolute atomic E-state index is 0.258. The summed E-state index contributed by atoms with van der Waals surface area (Å²) in [5.74, 6) is -0.258. The van der Waals surface area contributed by atoms with Crippen molar-refractivity contribution < 1.29 is 9.53 Å². The molecule has 0 aliphatic carbocycles. The SMILES string of the molecule is CCN(C)c1ccc(C(=CC2OC(=O)c3cc(N(CC)CC)ccc32)c2ccc(N(CC)CC)cc2)cc1. The number of anilines is 3. The molecule has 0 fully saturated rings. The van der Waals surface area contributed by atoms with Crippen molar-refractivity contribution in [1.29, 1.82) is 0 Å². The lowest BCUT2D eigenvalue weighted by Crippen LogP contribution is -2.21. The molecule has 0 saturated heterocycles. The molecule has 0 radical (unpaired) electrons. The highest BCUT2D eigenvalue weighted by molar-refractivity contribution is 5.96.